The Morgan fingerprint density at radius 3 is 2.65 bits per heavy atom. The summed E-state index contributed by atoms with van der Waals surface area (Å²) in [5.74, 6) is 0.233. The fourth-order valence-corrected chi connectivity index (χ4v) is 4.49. The van der Waals surface area contributed by atoms with Gasteiger partial charge in [-0.05, 0) is 62.3 Å². The molecule has 3 heterocycles. The Labute approximate surface area is 191 Å². The Morgan fingerprint density at radius 2 is 1.91 bits per heavy atom. The molecule has 0 spiro atoms. The molecule has 5 rings (SSSR count). The maximum atomic E-state index is 13.3. The zero-order valence-corrected chi connectivity index (χ0v) is 18.0. The van der Waals surface area contributed by atoms with Gasteiger partial charge in [0, 0.05) is 5.92 Å². The summed E-state index contributed by atoms with van der Waals surface area (Å²) in [6, 6.07) is 4.04. The average Bonchev–Trinajstić information content (AvgIpc) is 3.25. The SMILES string of the molecule is O=C(N[C@@H]1CC[C@@H](c2nnc([C@H]3C[C@@H](OC(F)(F)F)C3)o2)OC1)[C@H]1CCc2cc(F)ccc2O1. The average molecular weight is 485 g/mol. The number of hydrogen-bond donors (Lipinski definition) is 1. The van der Waals surface area contributed by atoms with Crippen molar-refractivity contribution >= 4 is 5.91 Å². The number of alkyl halides is 3. The van der Waals surface area contributed by atoms with Crippen LogP contribution in [0.25, 0.3) is 0 Å². The summed E-state index contributed by atoms with van der Waals surface area (Å²) in [4.78, 5) is 12.6. The highest BCUT2D eigenvalue weighted by molar-refractivity contribution is 5.81. The molecule has 3 aliphatic rings. The summed E-state index contributed by atoms with van der Waals surface area (Å²) >= 11 is 0. The van der Waals surface area contributed by atoms with E-state index in [-0.39, 0.29) is 54.9 Å². The Kier molecular flexibility index (Phi) is 6.19. The van der Waals surface area contributed by atoms with Gasteiger partial charge >= 0.3 is 6.36 Å². The lowest BCUT2D eigenvalue weighted by Crippen LogP contribution is -2.48. The van der Waals surface area contributed by atoms with Gasteiger partial charge in [0.05, 0.1) is 18.8 Å². The summed E-state index contributed by atoms with van der Waals surface area (Å²) in [5, 5.41) is 10.9. The first-order valence-electron chi connectivity index (χ1n) is 11.2. The number of halogens is 4. The smallest absolute Gasteiger partial charge is 0.480 e. The van der Waals surface area contributed by atoms with Gasteiger partial charge in [-0.2, -0.15) is 0 Å². The van der Waals surface area contributed by atoms with Crippen LogP contribution >= 0.6 is 0 Å². The molecular weight excluding hydrogens is 462 g/mol. The molecule has 0 bridgehead atoms. The molecular formula is C22H23F4N3O5. The highest BCUT2D eigenvalue weighted by Gasteiger charge is 2.43. The number of aryl methyl sites for hydroxylation is 1. The molecule has 34 heavy (non-hydrogen) atoms. The summed E-state index contributed by atoms with van der Waals surface area (Å²) in [7, 11) is 0. The lowest BCUT2D eigenvalue weighted by atomic mass is 9.82. The van der Waals surface area contributed by atoms with E-state index in [2.05, 4.69) is 20.3 Å². The van der Waals surface area contributed by atoms with Crippen molar-refractivity contribution < 1.29 is 41.0 Å². The van der Waals surface area contributed by atoms with E-state index in [9.17, 15) is 22.4 Å². The van der Waals surface area contributed by atoms with Crippen LogP contribution in [0.5, 0.6) is 5.75 Å². The van der Waals surface area contributed by atoms with E-state index in [0.29, 0.717) is 31.4 Å². The minimum atomic E-state index is -4.65. The van der Waals surface area contributed by atoms with Crippen molar-refractivity contribution in [2.24, 2.45) is 0 Å². The first-order chi connectivity index (χ1) is 16.2. The fraction of sp³-hybridized carbons (Fsp3) is 0.591. The number of nitrogens with one attached hydrogen (secondary N) is 1. The van der Waals surface area contributed by atoms with Crippen molar-refractivity contribution in [1.82, 2.24) is 15.5 Å². The molecule has 0 radical (unpaired) electrons. The van der Waals surface area contributed by atoms with Crippen molar-refractivity contribution in [2.75, 3.05) is 6.61 Å². The third kappa shape index (κ3) is 5.17. The van der Waals surface area contributed by atoms with Crippen molar-refractivity contribution in [3.8, 4) is 5.75 Å². The monoisotopic (exact) mass is 485 g/mol. The van der Waals surface area contributed by atoms with Gasteiger partial charge in [0.1, 0.15) is 17.7 Å². The molecule has 0 unspecified atom stereocenters. The number of rotatable bonds is 5. The number of fused-ring (bicyclic) bond motifs is 1. The van der Waals surface area contributed by atoms with Crippen LogP contribution in [0.1, 0.15) is 61.5 Å². The predicted molar refractivity (Wildman–Crippen MR) is 106 cm³/mol. The molecule has 1 aromatic heterocycles. The molecule has 1 saturated heterocycles. The molecule has 2 fully saturated rings. The van der Waals surface area contributed by atoms with Crippen LogP contribution in [0.2, 0.25) is 0 Å². The van der Waals surface area contributed by atoms with Crippen LogP contribution in [-0.4, -0.2) is 47.3 Å². The molecule has 1 saturated carbocycles. The number of amides is 1. The van der Waals surface area contributed by atoms with E-state index >= 15 is 0 Å². The van der Waals surface area contributed by atoms with Crippen LogP contribution < -0.4 is 10.1 Å². The van der Waals surface area contributed by atoms with Gasteiger partial charge in [0.15, 0.2) is 6.10 Å². The Morgan fingerprint density at radius 1 is 1.12 bits per heavy atom. The van der Waals surface area contributed by atoms with Crippen molar-refractivity contribution in [1.29, 1.82) is 0 Å². The molecule has 184 valence electrons. The van der Waals surface area contributed by atoms with Crippen LogP contribution in [0.4, 0.5) is 17.6 Å². The Bertz CT molecular complexity index is 1030. The zero-order valence-electron chi connectivity index (χ0n) is 18.0. The maximum absolute atomic E-state index is 13.3. The van der Waals surface area contributed by atoms with Crippen molar-refractivity contribution in [3.05, 3.63) is 41.4 Å². The minimum Gasteiger partial charge on any atom is -0.480 e. The number of nitrogens with zero attached hydrogens (tertiary/aromatic N) is 2. The molecule has 1 amide bonds. The normalized spacial score (nSPS) is 29.0. The minimum absolute atomic E-state index is 0.170. The highest BCUT2D eigenvalue weighted by Crippen LogP contribution is 2.41. The lowest BCUT2D eigenvalue weighted by Gasteiger charge is -2.33. The van der Waals surface area contributed by atoms with Crippen LogP contribution in [0.15, 0.2) is 22.6 Å². The fourth-order valence-electron chi connectivity index (χ4n) is 4.49. The topological polar surface area (TPSA) is 95.7 Å². The van der Waals surface area contributed by atoms with Gasteiger partial charge in [-0.25, -0.2) is 4.39 Å². The van der Waals surface area contributed by atoms with Crippen LogP contribution in [0.3, 0.4) is 0 Å². The van der Waals surface area contributed by atoms with E-state index < -0.39 is 24.7 Å². The van der Waals surface area contributed by atoms with Crippen molar-refractivity contribution in [3.63, 3.8) is 0 Å². The van der Waals surface area contributed by atoms with Gasteiger partial charge in [-0.3, -0.25) is 9.53 Å². The summed E-state index contributed by atoms with van der Waals surface area (Å²) in [5.41, 5.74) is 0.747. The molecule has 1 aliphatic carbocycles. The standard InChI is InChI=1S/C22H23F4N3O5/c23-13-2-5-16-11(7-13)1-4-17(32-16)19(30)27-14-3-6-18(31-10-14)21-29-28-20(33-21)12-8-15(9-12)34-22(24,25)26/h2,5,7,12,14-15,17-18H,1,3-4,6,8-10H2,(H,27,30)/t12-,14-,15+,17-,18+/m1/s1. The van der Waals surface area contributed by atoms with E-state index in [4.69, 9.17) is 13.9 Å². The van der Waals surface area contributed by atoms with Gasteiger partial charge in [0.25, 0.3) is 5.91 Å². The Balaban J connectivity index is 1.07. The lowest BCUT2D eigenvalue weighted by molar-refractivity contribution is -0.352. The quantitative estimate of drug-likeness (QED) is 0.645. The number of ether oxygens (including phenoxy) is 3. The highest BCUT2D eigenvalue weighted by atomic mass is 19.4. The molecule has 12 heteroatoms. The van der Waals surface area contributed by atoms with Crippen molar-refractivity contribution in [2.45, 2.75) is 75.2 Å². The van der Waals surface area contributed by atoms with Gasteiger partial charge in [-0.15, -0.1) is 23.4 Å². The second-order valence-corrected chi connectivity index (χ2v) is 8.83. The maximum Gasteiger partial charge on any atom is 0.522 e. The van der Waals surface area contributed by atoms with Gasteiger partial charge in [0.2, 0.25) is 11.8 Å². The Hall–Kier alpha value is -2.73. The number of carbonyl (C=O) groups excluding carboxylic acids is 1. The third-order valence-corrected chi connectivity index (χ3v) is 6.36. The molecule has 3 atom stereocenters. The summed E-state index contributed by atoms with van der Waals surface area (Å²) < 4.78 is 71.3. The summed E-state index contributed by atoms with van der Waals surface area (Å²) in [6.45, 7) is 0.244. The largest absolute Gasteiger partial charge is 0.522 e. The second kappa shape index (κ2) is 9.14. The molecule has 2 aromatic rings. The first-order valence-corrected chi connectivity index (χ1v) is 11.2. The van der Waals surface area contributed by atoms with Gasteiger partial charge in [-0.1, -0.05) is 0 Å². The van der Waals surface area contributed by atoms with E-state index in [1.807, 2.05) is 0 Å². The molecule has 1 aromatic carbocycles. The van der Waals surface area contributed by atoms with E-state index in [1.54, 1.807) is 0 Å². The number of hydrogen-bond acceptors (Lipinski definition) is 7. The molecule has 1 N–H and O–H groups in total. The molecule has 8 nitrogen and oxygen atoms in total. The van der Waals surface area contributed by atoms with E-state index in [0.717, 1.165) is 5.56 Å². The third-order valence-electron chi connectivity index (χ3n) is 6.36. The number of aromatic nitrogens is 2. The zero-order chi connectivity index (χ0) is 23.9. The van der Waals surface area contributed by atoms with Crippen LogP contribution in [0, 0.1) is 5.82 Å². The molecule has 2 aliphatic heterocycles. The van der Waals surface area contributed by atoms with Gasteiger partial charge < -0.3 is 19.2 Å². The summed E-state index contributed by atoms with van der Waals surface area (Å²) in [6.07, 6.45) is -4.13. The number of benzene rings is 1. The predicted octanol–water partition coefficient (Wildman–Crippen LogP) is 3.72. The number of carbonyl (C=O) groups is 1. The first kappa shape index (κ1) is 23.0. The second-order valence-electron chi connectivity index (χ2n) is 8.83. The van der Waals surface area contributed by atoms with Crippen LogP contribution in [-0.2, 0) is 20.7 Å². The van der Waals surface area contributed by atoms with E-state index in [1.165, 1.54) is 18.2 Å².